The van der Waals surface area contributed by atoms with E-state index in [1.165, 1.54) is 12.2 Å². The third-order valence-corrected chi connectivity index (χ3v) is 15.9. The lowest BCUT2D eigenvalue weighted by atomic mass is 9.49. The molecule has 0 aromatic heterocycles. The summed E-state index contributed by atoms with van der Waals surface area (Å²) in [6, 6.07) is 17.7. The Bertz CT molecular complexity index is 2020. The first kappa shape index (κ1) is 38.7. The van der Waals surface area contributed by atoms with Gasteiger partial charge >= 0.3 is 17.9 Å². The number of hydrogen-bond acceptors (Lipinski definition) is 13. The average Bonchev–Trinajstić information content (AvgIpc) is 3.73. The minimum atomic E-state index is -2.20. The molecule has 0 amide bonds. The molecule has 4 aliphatic carbocycles. The van der Waals surface area contributed by atoms with E-state index in [-0.39, 0.29) is 37.0 Å². The highest BCUT2D eigenvalue weighted by atomic mass is 16.9. The molecule has 11 bridgehead atoms. The molecule has 2 aromatic rings. The number of fused-ring (bicyclic) bond motifs is 6. The minimum Gasteiger partial charge on any atom is -0.456 e. The van der Waals surface area contributed by atoms with Crippen molar-refractivity contribution in [3.8, 4) is 0 Å². The number of esters is 2. The van der Waals surface area contributed by atoms with Crippen LogP contribution in [0, 0.1) is 35.5 Å². The van der Waals surface area contributed by atoms with Crippen molar-refractivity contribution in [3.05, 3.63) is 96.1 Å². The molecule has 8 fully saturated rings. The second-order valence-electron chi connectivity index (χ2n) is 18.4. The van der Waals surface area contributed by atoms with Crippen molar-refractivity contribution >= 4 is 11.9 Å². The number of aliphatic hydroxyl groups is 5. The van der Waals surface area contributed by atoms with Gasteiger partial charge in [-0.15, -0.1) is 0 Å². The Hall–Kier alpha value is -3.50. The van der Waals surface area contributed by atoms with Crippen molar-refractivity contribution in [2.24, 2.45) is 35.5 Å². The molecule has 4 saturated heterocycles. The lowest BCUT2D eigenvalue weighted by Gasteiger charge is -2.74. The second-order valence-corrected chi connectivity index (χ2v) is 18.4. The molecule has 2 aromatic carbocycles. The molecule has 5 N–H and O–H groups in total. The van der Waals surface area contributed by atoms with Crippen molar-refractivity contribution < 1.29 is 63.5 Å². The predicted octanol–water partition coefficient (Wildman–Crippen LogP) is 3.06. The smallest absolute Gasteiger partial charge is 0.338 e. The summed E-state index contributed by atoms with van der Waals surface area (Å²) >= 11 is 0. The Morgan fingerprint density at radius 3 is 2.31 bits per heavy atom. The highest BCUT2D eigenvalue weighted by Gasteiger charge is 2.90. The maximum absolute atomic E-state index is 13.6. The van der Waals surface area contributed by atoms with Crippen LogP contribution in [0.5, 0.6) is 0 Å². The number of carbonyl (C=O) groups is 2. The normalized spacial score (nSPS) is 52.2. The van der Waals surface area contributed by atoms with Gasteiger partial charge in [-0.05, 0) is 69.1 Å². The van der Waals surface area contributed by atoms with E-state index < -0.39 is 107 Å². The second kappa shape index (κ2) is 13.0. The third kappa shape index (κ3) is 4.96. The van der Waals surface area contributed by atoms with Crippen molar-refractivity contribution in [2.45, 2.75) is 123 Å². The molecule has 13 heteroatoms. The van der Waals surface area contributed by atoms with Gasteiger partial charge in [-0.25, -0.2) is 9.59 Å². The minimum absolute atomic E-state index is 0.0988. The van der Waals surface area contributed by atoms with Crippen LogP contribution < -0.4 is 0 Å². The van der Waals surface area contributed by atoms with Gasteiger partial charge in [0.15, 0.2) is 0 Å². The summed E-state index contributed by atoms with van der Waals surface area (Å²) in [5.41, 5.74) is -8.42. The van der Waals surface area contributed by atoms with E-state index in [9.17, 15) is 35.1 Å². The first-order valence-corrected chi connectivity index (χ1v) is 20.7. The monoisotopic (exact) mass is 800 g/mol. The van der Waals surface area contributed by atoms with Gasteiger partial charge in [0, 0.05) is 35.3 Å². The van der Waals surface area contributed by atoms with Crippen LogP contribution in [0.3, 0.4) is 0 Å². The fourth-order valence-electron chi connectivity index (χ4n) is 13.0. The summed E-state index contributed by atoms with van der Waals surface area (Å²) in [6.07, 6.45) is 0.831. The zero-order valence-electron chi connectivity index (χ0n) is 32.8. The Labute approximate surface area is 336 Å². The fourth-order valence-corrected chi connectivity index (χ4v) is 13.0. The van der Waals surface area contributed by atoms with Gasteiger partial charge < -0.3 is 54.0 Å². The molecule has 10 aliphatic rings. The van der Waals surface area contributed by atoms with Crippen LogP contribution in [0.4, 0.5) is 0 Å². The van der Waals surface area contributed by atoms with E-state index in [2.05, 4.69) is 6.92 Å². The lowest BCUT2D eigenvalue weighted by Crippen LogP contribution is -2.89. The maximum atomic E-state index is 13.6. The number of aliphatic hydroxyl groups excluding tert-OH is 2. The summed E-state index contributed by atoms with van der Waals surface area (Å²) in [6.45, 7) is 4.83. The summed E-state index contributed by atoms with van der Waals surface area (Å²) in [5, 5.41) is 63.0. The zero-order chi connectivity index (χ0) is 40.6. The molecule has 6 heterocycles. The summed E-state index contributed by atoms with van der Waals surface area (Å²) in [4.78, 5) is 27.0. The Morgan fingerprint density at radius 2 is 1.59 bits per heavy atom. The van der Waals surface area contributed by atoms with E-state index in [4.69, 9.17) is 28.4 Å². The third-order valence-electron chi connectivity index (χ3n) is 15.9. The molecule has 18 unspecified atom stereocenters. The van der Waals surface area contributed by atoms with Gasteiger partial charge in [-0.1, -0.05) is 74.5 Å². The van der Waals surface area contributed by atoms with Crippen molar-refractivity contribution in [2.75, 3.05) is 6.61 Å². The highest BCUT2D eigenvalue weighted by molar-refractivity contribution is 5.89. The number of epoxide rings is 1. The fraction of sp³-hybridized carbons (Fsp3) is 0.600. The number of ether oxygens (including phenoxy) is 6. The summed E-state index contributed by atoms with van der Waals surface area (Å²) < 4.78 is 39.4. The summed E-state index contributed by atoms with van der Waals surface area (Å²) in [5.74, 6) is -6.19. The van der Waals surface area contributed by atoms with Gasteiger partial charge in [0.25, 0.3) is 0 Å². The topological polar surface area (TPSA) is 194 Å². The van der Waals surface area contributed by atoms with E-state index >= 15 is 0 Å². The van der Waals surface area contributed by atoms with E-state index in [0.29, 0.717) is 24.0 Å². The molecule has 58 heavy (non-hydrogen) atoms. The molecule has 18 atom stereocenters. The van der Waals surface area contributed by atoms with Crippen molar-refractivity contribution in [3.63, 3.8) is 0 Å². The molecule has 4 saturated carbocycles. The molecular weight excluding hydrogens is 748 g/mol. The van der Waals surface area contributed by atoms with E-state index in [1.807, 2.05) is 19.1 Å². The Morgan fingerprint density at radius 1 is 0.879 bits per heavy atom. The van der Waals surface area contributed by atoms with Crippen LogP contribution in [0.1, 0.15) is 68.8 Å². The van der Waals surface area contributed by atoms with E-state index in [0.717, 1.165) is 0 Å². The first-order valence-electron chi connectivity index (χ1n) is 20.7. The van der Waals surface area contributed by atoms with Crippen LogP contribution >= 0.6 is 0 Å². The van der Waals surface area contributed by atoms with Crippen molar-refractivity contribution in [1.29, 1.82) is 0 Å². The number of benzene rings is 2. The van der Waals surface area contributed by atoms with Gasteiger partial charge in [-0.2, -0.15) is 0 Å². The van der Waals surface area contributed by atoms with Gasteiger partial charge in [0.2, 0.25) is 0 Å². The number of carbonyl (C=O) groups excluding carboxylic acids is 2. The van der Waals surface area contributed by atoms with Gasteiger partial charge in [0.1, 0.15) is 53.4 Å². The molecule has 310 valence electrons. The van der Waals surface area contributed by atoms with Crippen LogP contribution in [-0.2, 0) is 39.2 Å². The SMILES string of the molecule is CC1C2CCC1C(OC(=O)c1ccccc1)/C=C/C=C/C(=O)OC1CCC3C1(O)C(O)C1(CO)OC1C1C4OC5(c6ccccc6)OC(C(C)C13O5)C4(O)C(C)(O)C2. The Balaban J connectivity index is 1.12. The quantitative estimate of drug-likeness (QED) is 0.224. The number of hydrogen-bond donors (Lipinski definition) is 5. The largest absolute Gasteiger partial charge is 0.456 e. The molecule has 13 nitrogen and oxygen atoms in total. The van der Waals surface area contributed by atoms with Gasteiger partial charge in [-0.3, -0.25) is 0 Å². The van der Waals surface area contributed by atoms with Crippen LogP contribution in [-0.4, -0.2) is 109 Å². The summed E-state index contributed by atoms with van der Waals surface area (Å²) in [7, 11) is 0. The molecule has 0 radical (unpaired) electrons. The number of allylic oxidation sites excluding steroid dienone is 2. The first-order chi connectivity index (χ1) is 27.7. The van der Waals surface area contributed by atoms with Crippen LogP contribution in [0.25, 0.3) is 0 Å². The van der Waals surface area contributed by atoms with Gasteiger partial charge in [0.05, 0.1) is 23.4 Å². The molecule has 6 aliphatic heterocycles. The number of rotatable bonds is 4. The molecular formula is C45H52O13. The van der Waals surface area contributed by atoms with Crippen LogP contribution in [0.2, 0.25) is 0 Å². The average molecular weight is 801 g/mol. The van der Waals surface area contributed by atoms with Crippen molar-refractivity contribution in [1.82, 2.24) is 0 Å². The van der Waals surface area contributed by atoms with Crippen LogP contribution in [0.15, 0.2) is 85.0 Å². The molecule has 1 spiro atoms. The highest BCUT2D eigenvalue weighted by Crippen LogP contribution is 2.74. The lowest BCUT2D eigenvalue weighted by molar-refractivity contribution is -0.595. The van der Waals surface area contributed by atoms with E-state index in [1.54, 1.807) is 67.6 Å². The zero-order valence-corrected chi connectivity index (χ0v) is 32.8. The standard InChI is InChI=1S/C45H52O13/c1-24-27-18-19-29(24)30(53-38(48)26-12-6-4-7-13-26)16-10-11-17-33(47)54-32-21-20-31-42(32,51)39(49)41(23-46)36(55-41)34-37-44(52,40(3,50)22-27)35-25(2)43(31,34)58-45(56-35,57-37)28-14-8-5-9-15-28/h4-17,24-25,27,29-32,34-37,39,46,49-52H,18-23H2,1-3H3/b16-10+,17-11+. The Kier molecular flexibility index (Phi) is 8.67. The maximum Gasteiger partial charge on any atom is 0.338 e. The molecule has 12 rings (SSSR count). The predicted molar refractivity (Wildman–Crippen MR) is 202 cm³/mol.